The number of ether oxygens (including phenoxy) is 2. The Labute approximate surface area is 236 Å². The third kappa shape index (κ3) is 11.6. The van der Waals surface area contributed by atoms with Gasteiger partial charge in [0.05, 0.1) is 6.61 Å². The Morgan fingerprint density at radius 1 is 0.950 bits per heavy atom. The van der Waals surface area contributed by atoms with Crippen molar-refractivity contribution in [2.75, 3.05) is 19.3 Å². The number of hydrogen-bond donors (Lipinski definition) is 3. The average molecular weight is 574 g/mol. The highest BCUT2D eigenvalue weighted by Crippen LogP contribution is 2.45. The Balaban J connectivity index is 1.40. The second-order valence-corrected chi connectivity index (χ2v) is 12.1. The zero-order chi connectivity index (χ0) is 28.6. The largest absolute Gasteiger partial charge is 0.445 e. The maximum absolute atomic E-state index is 13.7. The molecule has 3 atom stereocenters. The summed E-state index contributed by atoms with van der Waals surface area (Å²) >= 11 is 0. The summed E-state index contributed by atoms with van der Waals surface area (Å²) in [5.74, 6) is -1.40. The van der Waals surface area contributed by atoms with Gasteiger partial charge in [-0.25, -0.2) is 19.5 Å². The molecule has 40 heavy (non-hydrogen) atoms. The van der Waals surface area contributed by atoms with Crippen molar-refractivity contribution in [1.82, 2.24) is 15.7 Å². The van der Waals surface area contributed by atoms with Crippen molar-refractivity contribution in [1.29, 1.82) is 0 Å². The van der Waals surface area contributed by atoms with Gasteiger partial charge in [-0.15, -0.1) is 0 Å². The highest BCUT2D eigenvalue weighted by molar-refractivity contribution is 7.56. The first-order chi connectivity index (χ1) is 19.3. The number of alkyl carbamates (subject to hydrolysis) is 1. The Kier molecular flexibility index (Phi) is 13.3. The average Bonchev–Trinajstić information content (AvgIpc) is 3.51. The van der Waals surface area contributed by atoms with Crippen LogP contribution in [0.25, 0.3) is 0 Å². The van der Waals surface area contributed by atoms with Gasteiger partial charge in [0.2, 0.25) is 0 Å². The van der Waals surface area contributed by atoms with Gasteiger partial charge in [0.15, 0.2) is 0 Å². The first-order valence-corrected chi connectivity index (χ1v) is 15.6. The van der Waals surface area contributed by atoms with Crippen LogP contribution in [0.5, 0.6) is 0 Å². The van der Waals surface area contributed by atoms with E-state index in [1.165, 1.54) is 6.92 Å². The monoisotopic (exact) mass is 573 g/mol. The van der Waals surface area contributed by atoms with E-state index in [2.05, 4.69) is 15.7 Å². The van der Waals surface area contributed by atoms with E-state index in [9.17, 15) is 18.9 Å². The molecule has 1 amide bonds. The predicted molar refractivity (Wildman–Crippen MR) is 152 cm³/mol. The van der Waals surface area contributed by atoms with E-state index in [0.29, 0.717) is 25.9 Å². The Bertz CT molecular complexity index is 1110. The zero-order valence-corrected chi connectivity index (χ0v) is 23.9. The summed E-state index contributed by atoms with van der Waals surface area (Å²) in [5.41, 5.74) is 1.78. The molecule has 1 heterocycles. The molecule has 10 nitrogen and oxygen atoms in total. The molecule has 3 rings (SSSR count). The van der Waals surface area contributed by atoms with Gasteiger partial charge >= 0.3 is 18.0 Å². The first kappa shape index (κ1) is 31.5. The summed E-state index contributed by atoms with van der Waals surface area (Å²) in [5, 5.41) is 8.55. The molecule has 218 valence electrons. The number of unbranched alkanes of at least 4 members (excludes halogenated alkanes) is 3. The Morgan fingerprint density at radius 3 is 2.25 bits per heavy atom. The fourth-order valence-electron chi connectivity index (χ4n) is 4.17. The minimum atomic E-state index is -3.44. The van der Waals surface area contributed by atoms with Crippen LogP contribution in [0.4, 0.5) is 4.79 Å². The molecule has 0 aromatic heterocycles. The van der Waals surface area contributed by atoms with E-state index in [1.807, 2.05) is 60.7 Å². The van der Waals surface area contributed by atoms with Crippen LogP contribution in [-0.2, 0) is 41.4 Å². The van der Waals surface area contributed by atoms with E-state index < -0.39 is 37.6 Å². The van der Waals surface area contributed by atoms with E-state index in [0.717, 1.165) is 36.8 Å². The molecule has 2 unspecified atom stereocenters. The molecule has 2 aromatic carbocycles. The van der Waals surface area contributed by atoms with Crippen LogP contribution in [0, 0.1) is 0 Å². The molecule has 0 saturated carbocycles. The minimum absolute atomic E-state index is 0.118. The summed E-state index contributed by atoms with van der Waals surface area (Å²) < 4.78 is 29.7. The van der Waals surface area contributed by atoms with Crippen molar-refractivity contribution in [3.63, 3.8) is 0 Å². The van der Waals surface area contributed by atoms with Gasteiger partial charge < -0.3 is 24.6 Å². The zero-order valence-electron chi connectivity index (χ0n) is 23.0. The fraction of sp³-hybridized carbons (Fsp3) is 0.483. The second kappa shape index (κ2) is 16.9. The number of hydrogen-bond acceptors (Lipinski definition) is 8. The lowest BCUT2D eigenvalue weighted by Crippen LogP contribution is -2.40. The summed E-state index contributed by atoms with van der Waals surface area (Å²) in [6.45, 7) is 3.03. The predicted octanol–water partition coefficient (Wildman–Crippen LogP) is 4.68. The molecular weight excluding hydrogens is 533 g/mol. The van der Waals surface area contributed by atoms with E-state index in [-0.39, 0.29) is 19.4 Å². The van der Waals surface area contributed by atoms with Crippen LogP contribution in [0.15, 0.2) is 60.7 Å². The van der Waals surface area contributed by atoms with Gasteiger partial charge in [-0.05, 0) is 50.3 Å². The smallest absolute Gasteiger partial charge is 0.407 e. The topological polar surface area (TPSA) is 132 Å². The molecule has 1 saturated heterocycles. The maximum atomic E-state index is 13.7. The lowest BCUT2D eigenvalue weighted by atomic mass is 10.2. The molecule has 1 aliphatic heterocycles. The van der Waals surface area contributed by atoms with Crippen LogP contribution in [0.1, 0.15) is 56.6 Å². The molecule has 0 aliphatic carbocycles. The molecule has 1 fully saturated rings. The number of nitrogens with one attached hydrogen (secondary N) is 3. The first-order valence-electron chi connectivity index (χ1n) is 13.8. The van der Waals surface area contributed by atoms with Gasteiger partial charge in [-0.1, -0.05) is 73.5 Å². The van der Waals surface area contributed by atoms with Crippen molar-refractivity contribution in [2.45, 2.75) is 70.7 Å². The van der Waals surface area contributed by atoms with Crippen molar-refractivity contribution in [3.05, 3.63) is 71.8 Å². The number of esters is 2. The Morgan fingerprint density at radius 2 is 1.60 bits per heavy atom. The molecule has 1 aliphatic rings. The van der Waals surface area contributed by atoms with Gasteiger partial charge in [-0.2, -0.15) is 0 Å². The summed E-state index contributed by atoms with van der Waals surface area (Å²) in [7, 11) is -3.44. The van der Waals surface area contributed by atoms with Gasteiger partial charge in [0.1, 0.15) is 18.7 Å². The Hall–Kier alpha value is -3.04. The third-order valence-electron chi connectivity index (χ3n) is 6.43. The SMILES string of the molecule is CC(NP(=O)(CCCCCCNC(=O)OCc1ccccc1)OCc1ccccc1)C(=O)OC(=O)[C@@H]1CCCN1. The van der Waals surface area contributed by atoms with Crippen molar-refractivity contribution < 1.29 is 32.9 Å². The number of rotatable bonds is 16. The summed E-state index contributed by atoms with van der Waals surface area (Å²) in [6.07, 6.45) is 4.10. The lowest BCUT2D eigenvalue weighted by Gasteiger charge is -2.23. The van der Waals surface area contributed by atoms with Gasteiger partial charge in [0, 0.05) is 12.7 Å². The quantitative estimate of drug-likeness (QED) is 0.113. The molecule has 3 N–H and O–H groups in total. The van der Waals surface area contributed by atoms with Crippen LogP contribution >= 0.6 is 7.52 Å². The van der Waals surface area contributed by atoms with E-state index in [1.54, 1.807) is 0 Å². The number of carbonyl (C=O) groups excluding carboxylic acids is 3. The normalized spacial score (nSPS) is 17.0. The van der Waals surface area contributed by atoms with Crippen molar-refractivity contribution in [3.8, 4) is 0 Å². The molecule has 0 bridgehead atoms. The molecule has 0 spiro atoms. The standard InChI is InChI=1S/C29H40N3O7P/c1-23(27(33)39-28(34)26-17-12-19-30-26)32-40(36,38-22-25-15-8-5-9-16-25)20-11-3-2-10-18-31-29(35)37-21-24-13-6-4-7-14-24/h4-9,13-16,23,26,30H,2-3,10-12,17-22H2,1H3,(H,31,35)(H,32,36)/t23?,26-,40?/m0/s1. The van der Waals surface area contributed by atoms with Crippen molar-refractivity contribution in [2.24, 2.45) is 0 Å². The fourth-order valence-corrected chi connectivity index (χ4v) is 6.20. The van der Waals surface area contributed by atoms with E-state index in [4.69, 9.17) is 14.0 Å². The van der Waals surface area contributed by atoms with Gasteiger partial charge in [-0.3, -0.25) is 4.57 Å². The number of benzene rings is 2. The highest BCUT2D eigenvalue weighted by Gasteiger charge is 2.32. The van der Waals surface area contributed by atoms with E-state index >= 15 is 0 Å². The maximum Gasteiger partial charge on any atom is 0.407 e. The molecular formula is C29H40N3O7P. The minimum Gasteiger partial charge on any atom is -0.445 e. The van der Waals surface area contributed by atoms with Crippen LogP contribution in [0.2, 0.25) is 0 Å². The molecule has 2 aromatic rings. The highest BCUT2D eigenvalue weighted by atomic mass is 31.2. The van der Waals surface area contributed by atoms with Crippen LogP contribution < -0.4 is 15.7 Å². The molecule has 11 heteroatoms. The number of carbonyl (C=O) groups is 3. The number of amides is 1. The second-order valence-electron chi connectivity index (χ2n) is 9.80. The summed E-state index contributed by atoms with van der Waals surface area (Å²) in [4.78, 5) is 36.6. The van der Waals surface area contributed by atoms with Crippen LogP contribution in [-0.4, -0.2) is 49.4 Å². The van der Waals surface area contributed by atoms with Crippen LogP contribution in [0.3, 0.4) is 0 Å². The summed E-state index contributed by atoms with van der Waals surface area (Å²) in [6, 6.07) is 17.3. The third-order valence-corrected chi connectivity index (χ3v) is 8.67. The van der Waals surface area contributed by atoms with Crippen molar-refractivity contribution >= 4 is 25.6 Å². The lowest BCUT2D eigenvalue weighted by molar-refractivity contribution is -0.161. The van der Waals surface area contributed by atoms with Gasteiger partial charge in [0.25, 0.3) is 7.52 Å². The molecule has 0 radical (unpaired) electrons.